The van der Waals surface area contributed by atoms with Gasteiger partial charge in [-0.2, -0.15) is 0 Å². The smallest absolute Gasteiger partial charge is 0.0826 e. The number of halogens is 2. The topological polar surface area (TPSA) is 12.0 Å². The van der Waals surface area contributed by atoms with Crippen LogP contribution in [0.25, 0.3) is 21.5 Å². The molecule has 0 bridgehead atoms. The highest BCUT2D eigenvalue weighted by Gasteiger charge is 2.40. The lowest BCUT2D eigenvalue weighted by atomic mass is 9.75. The summed E-state index contributed by atoms with van der Waals surface area (Å²) in [6.45, 7) is 0. The molecule has 3 heteroatoms. The summed E-state index contributed by atoms with van der Waals surface area (Å²) in [7, 11) is 0. The largest absolute Gasteiger partial charge is 0.376 e. The average Bonchev–Trinajstić information content (AvgIpc) is 3.24. The fourth-order valence-corrected chi connectivity index (χ4v) is 5.66. The Kier molecular flexibility index (Phi) is 3.91. The zero-order chi connectivity index (χ0) is 19.5. The van der Waals surface area contributed by atoms with Crippen LogP contribution < -0.4 is 5.32 Å². The maximum Gasteiger partial charge on any atom is 0.0826 e. The van der Waals surface area contributed by atoms with E-state index in [0.29, 0.717) is 21.9 Å². The summed E-state index contributed by atoms with van der Waals surface area (Å²) in [5.74, 6) is 0.803. The monoisotopic (exact) mass is 415 g/mol. The van der Waals surface area contributed by atoms with E-state index in [1.165, 1.54) is 32.7 Å². The summed E-state index contributed by atoms with van der Waals surface area (Å²) in [6.07, 6.45) is 5.71. The molecule has 0 saturated heterocycles. The molecule has 0 amide bonds. The van der Waals surface area contributed by atoms with Crippen LogP contribution >= 0.6 is 23.2 Å². The lowest BCUT2D eigenvalue weighted by molar-refractivity contribution is 0.429. The van der Waals surface area contributed by atoms with E-state index in [0.717, 1.165) is 12.1 Å². The van der Waals surface area contributed by atoms with Crippen LogP contribution in [0.4, 0.5) is 5.69 Å². The van der Waals surface area contributed by atoms with Crippen LogP contribution in [0.2, 0.25) is 10.0 Å². The summed E-state index contributed by atoms with van der Waals surface area (Å²) in [5, 5.41) is 10.2. The van der Waals surface area contributed by atoms with Gasteiger partial charge in [-0.25, -0.2) is 0 Å². The van der Waals surface area contributed by atoms with Crippen molar-refractivity contribution < 1.29 is 0 Å². The maximum atomic E-state index is 6.67. The van der Waals surface area contributed by atoms with Gasteiger partial charge in [0.2, 0.25) is 0 Å². The van der Waals surface area contributed by atoms with Crippen LogP contribution in [0.3, 0.4) is 0 Å². The summed E-state index contributed by atoms with van der Waals surface area (Å²) in [5.41, 5.74) is 3.59. The van der Waals surface area contributed by atoms with Gasteiger partial charge in [-0.15, -0.1) is 0 Å². The Bertz CT molecular complexity index is 1250. The van der Waals surface area contributed by atoms with Crippen LogP contribution in [0.1, 0.15) is 29.5 Å². The summed E-state index contributed by atoms with van der Waals surface area (Å²) in [6, 6.07) is 23.9. The van der Waals surface area contributed by atoms with Crippen molar-refractivity contribution in [3.63, 3.8) is 0 Å². The molecule has 3 atom stereocenters. The molecule has 1 heterocycles. The molecule has 0 spiro atoms. The molecule has 0 fully saturated rings. The van der Waals surface area contributed by atoms with Crippen molar-refractivity contribution in [1.29, 1.82) is 0 Å². The number of allylic oxidation sites excluding steroid dienone is 2. The first-order chi connectivity index (χ1) is 14.2. The Labute approximate surface area is 179 Å². The zero-order valence-electron chi connectivity index (χ0n) is 15.7. The third-order valence-electron chi connectivity index (χ3n) is 6.55. The fraction of sp³-hybridized carbons (Fsp3) is 0.154. The molecule has 0 saturated carbocycles. The van der Waals surface area contributed by atoms with Crippen LogP contribution in [-0.2, 0) is 0 Å². The van der Waals surface area contributed by atoms with E-state index < -0.39 is 0 Å². The van der Waals surface area contributed by atoms with Crippen molar-refractivity contribution in [2.24, 2.45) is 5.92 Å². The fourth-order valence-electron chi connectivity index (χ4n) is 5.27. The number of hydrogen-bond donors (Lipinski definition) is 1. The quantitative estimate of drug-likeness (QED) is 0.244. The highest BCUT2D eigenvalue weighted by atomic mass is 35.5. The third-order valence-corrected chi connectivity index (χ3v) is 7.36. The molecular formula is C26H19Cl2N. The van der Waals surface area contributed by atoms with E-state index in [1.807, 2.05) is 6.07 Å². The molecule has 4 aromatic rings. The van der Waals surface area contributed by atoms with Gasteiger partial charge >= 0.3 is 0 Å². The average molecular weight is 416 g/mol. The highest BCUT2D eigenvalue weighted by Crippen LogP contribution is 2.54. The Morgan fingerprint density at radius 3 is 2.24 bits per heavy atom. The van der Waals surface area contributed by atoms with Crippen molar-refractivity contribution in [2.45, 2.75) is 18.4 Å². The molecule has 2 aliphatic rings. The summed E-state index contributed by atoms with van der Waals surface area (Å²) < 4.78 is 0. The molecule has 6 rings (SSSR count). The Morgan fingerprint density at radius 1 is 0.828 bits per heavy atom. The van der Waals surface area contributed by atoms with Crippen LogP contribution in [0, 0.1) is 5.92 Å². The predicted octanol–water partition coefficient (Wildman–Crippen LogP) is 8.13. The number of hydrogen-bond acceptors (Lipinski definition) is 1. The third kappa shape index (κ3) is 2.54. The zero-order valence-corrected chi connectivity index (χ0v) is 17.2. The van der Waals surface area contributed by atoms with E-state index in [2.05, 4.69) is 78.1 Å². The van der Waals surface area contributed by atoms with Gasteiger partial charge in [0.05, 0.1) is 21.8 Å². The van der Waals surface area contributed by atoms with Gasteiger partial charge in [0.25, 0.3) is 0 Å². The molecule has 0 radical (unpaired) electrons. The van der Waals surface area contributed by atoms with Gasteiger partial charge in [-0.05, 0) is 57.1 Å². The van der Waals surface area contributed by atoms with E-state index in [9.17, 15) is 0 Å². The minimum absolute atomic E-state index is 0.162. The van der Waals surface area contributed by atoms with E-state index in [1.54, 1.807) is 0 Å². The Balaban J connectivity index is 1.66. The van der Waals surface area contributed by atoms with Gasteiger partial charge in [0.15, 0.2) is 0 Å². The predicted molar refractivity (Wildman–Crippen MR) is 124 cm³/mol. The standard InChI is InChI=1S/C26H19Cl2N/c27-22-13-12-21-19-10-5-11-20(19)25(29-26(21)24(22)28)23-17-8-3-1-6-15(17)14-16-7-2-4-9-18(16)23/h1-10,12-14,19-20,25,29H,11H2/t19-,20+,25-/m1/s1. The van der Waals surface area contributed by atoms with Gasteiger partial charge in [0, 0.05) is 5.92 Å². The number of nitrogens with one attached hydrogen (secondary N) is 1. The Hall–Kier alpha value is -2.48. The SMILES string of the molecule is Clc1ccc2c(c1Cl)N[C@@H](c1c3ccccc3cc3ccccc13)[C@H]1CC=C[C@@H]21. The maximum absolute atomic E-state index is 6.67. The molecule has 142 valence electrons. The van der Waals surface area contributed by atoms with Crippen LogP contribution in [-0.4, -0.2) is 0 Å². The number of anilines is 1. The van der Waals surface area contributed by atoms with Crippen molar-refractivity contribution in [3.05, 3.63) is 100 Å². The molecule has 1 aliphatic heterocycles. The molecule has 1 aliphatic carbocycles. The normalized spacial score (nSPS) is 22.5. The van der Waals surface area contributed by atoms with Crippen molar-refractivity contribution in [2.75, 3.05) is 5.32 Å². The summed E-state index contributed by atoms with van der Waals surface area (Å²) >= 11 is 13.1. The first-order valence-electron chi connectivity index (χ1n) is 10.0. The van der Waals surface area contributed by atoms with Crippen molar-refractivity contribution in [1.82, 2.24) is 0 Å². The molecule has 1 nitrogen and oxygen atoms in total. The first-order valence-corrected chi connectivity index (χ1v) is 10.8. The second-order valence-electron chi connectivity index (χ2n) is 8.03. The molecule has 1 N–H and O–H groups in total. The molecule has 4 aromatic carbocycles. The summed E-state index contributed by atoms with van der Waals surface area (Å²) in [4.78, 5) is 0. The van der Waals surface area contributed by atoms with Gasteiger partial charge in [-0.3, -0.25) is 0 Å². The molecule has 29 heavy (non-hydrogen) atoms. The van der Waals surface area contributed by atoms with Crippen molar-refractivity contribution >= 4 is 50.4 Å². The second-order valence-corrected chi connectivity index (χ2v) is 8.82. The van der Waals surface area contributed by atoms with Crippen molar-refractivity contribution in [3.8, 4) is 0 Å². The lowest BCUT2D eigenvalue weighted by Gasteiger charge is -2.39. The number of benzene rings is 4. The molecule has 0 unspecified atom stereocenters. The van der Waals surface area contributed by atoms with E-state index in [4.69, 9.17) is 23.2 Å². The second kappa shape index (κ2) is 6.52. The minimum atomic E-state index is 0.162. The number of rotatable bonds is 1. The van der Waals surface area contributed by atoms with Gasteiger partial charge in [0.1, 0.15) is 0 Å². The minimum Gasteiger partial charge on any atom is -0.376 e. The van der Waals surface area contributed by atoms with Crippen LogP contribution in [0.15, 0.2) is 78.9 Å². The van der Waals surface area contributed by atoms with E-state index in [-0.39, 0.29) is 6.04 Å². The van der Waals surface area contributed by atoms with E-state index >= 15 is 0 Å². The Morgan fingerprint density at radius 2 is 1.52 bits per heavy atom. The molecular weight excluding hydrogens is 397 g/mol. The first kappa shape index (κ1) is 17.4. The number of fused-ring (bicyclic) bond motifs is 5. The lowest BCUT2D eigenvalue weighted by Crippen LogP contribution is -2.29. The van der Waals surface area contributed by atoms with Crippen LogP contribution in [0.5, 0.6) is 0 Å². The van der Waals surface area contributed by atoms with Gasteiger partial charge in [-0.1, -0.05) is 90.0 Å². The van der Waals surface area contributed by atoms with Gasteiger partial charge < -0.3 is 5.32 Å². The molecule has 0 aromatic heterocycles. The highest BCUT2D eigenvalue weighted by molar-refractivity contribution is 6.43.